The summed E-state index contributed by atoms with van der Waals surface area (Å²) in [5.41, 5.74) is 0. The summed E-state index contributed by atoms with van der Waals surface area (Å²) in [6.07, 6.45) is 48.9. The molecular formula is C71H138O17P2. The molecule has 0 saturated heterocycles. The molecule has 0 aliphatic heterocycles. The van der Waals surface area contributed by atoms with Gasteiger partial charge in [-0.1, -0.05) is 311 Å². The first-order chi connectivity index (χ1) is 43.4. The zero-order chi connectivity index (χ0) is 66.5. The molecule has 17 nitrogen and oxygen atoms in total. The van der Waals surface area contributed by atoms with Crippen molar-refractivity contribution in [1.29, 1.82) is 0 Å². The van der Waals surface area contributed by atoms with Crippen molar-refractivity contribution in [2.75, 3.05) is 39.6 Å². The molecule has 0 spiro atoms. The molecule has 5 atom stereocenters. The molecule has 0 aromatic rings. The van der Waals surface area contributed by atoms with Crippen LogP contribution in [-0.2, 0) is 65.4 Å². The Labute approximate surface area is 549 Å². The van der Waals surface area contributed by atoms with Crippen LogP contribution in [0.1, 0.15) is 363 Å². The molecule has 0 aromatic heterocycles. The maximum Gasteiger partial charge on any atom is 0.472 e. The smallest absolute Gasteiger partial charge is 0.462 e. The van der Waals surface area contributed by atoms with Crippen molar-refractivity contribution in [1.82, 2.24) is 0 Å². The normalized spacial score (nSPS) is 14.1. The van der Waals surface area contributed by atoms with Gasteiger partial charge >= 0.3 is 39.5 Å². The lowest BCUT2D eigenvalue weighted by Crippen LogP contribution is -2.30. The zero-order valence-corrected chi connectivity index (χ0v) is 60.2. The monoisotopic (exact) mass is 1320 g/mol. The number of aliphatic hydroxyl groups is 1. The number of esters is 4. The lowest BCUT2D eigenvalue weighted by Gasteiger charge is -2.21. The van der Waals surface area contributed by atoms with E-state index in [9.17, 15) is 43.2 Å². The van der Waals surface area contributed by atoms with E-state index in [-0.39, 0.29) is 25.7 Å². The minimum Gasteiger partial charge on any atom is -0.462 e. The highest BCUT2D eigenvalue weighted by Crippen LogP contribution is 2.45. The first-order valence-corrected chi connectivity index (χ1v) is 40.0. The minimum atomic E-state index is -4.95. The minimum absolute atomic E-state index is 0.103. The highest BCUT2D eigenvalue weighted by atomic mass is 31.2. The molecule has 0 radical (unpaired) electrons. The number of unbranched alkanes of at least 4 members (excludes halogenated alkanes) is 40. The fourth-order valence-electron chi connectivity index (χ4n) is 10.8. The molecule has 0 bridgehead atoms. The molecule has 0 saturated carbocycles. The van der Waals surface area contributed by atoms with Crippen LogP contribution >= 0.6 is 15.6 Å². The van der Waals surface area contributed by atoms with Crippen LogP contribution in [0.15, 0.2) is 0 Å². The fourth-order valence-corrected chi connectivity index (χ4v) is 12.3. The first kappa shape index (κ1) is 88.1. The topological polar surface area (TPSA) is 237 Å². The summed E-state index contributed by atoms with van der Waals surface area (Å²) in [5.74, 6) is -0.727. The predicted molar refractivity (Wildman–Crippen MR) is 363 cm³/mol. The average molecular weight is 1330 g/mol. The van der Waals surface area contributed by atoms with Gasteiger partial charge in [-0.15, -0.1) is 0 Å². The number of hydrogen-bond acceptors (Lipinski definition) is 15. The summed E-state index contributed by atoms with van der Waals surface area (Å²) in [6.45, 7) is 9.42. The van der Waals surface area contributed by atoms with Gasteiger partial charge in [-0.25, -0.2) is 9.13 Å². The van der Waals surface area contributed by atoms with Crippen molar-refractivity contribution in [3.05, 3.63) is 0 Å². The average Bonchev–Trinajstić information content (AvgIpc) is 3.48. The third-order valence-electron chi connectivity index (χ3n) is 16.5. The number of rotatable bonds is 70. The fraction of sp³-hybridized carbons (Fsp3) is 0.944. The number of aliphatic hydroxyl groups excluding tert-OH is 1. The van der Waals surface area contributed by atoms with Gasteiger partial charge in [0, 0.05) is 25.7 Å². The molecule has 0 aromatic carbocycles. The molecule has 0 rings (SSSR count). The Balaban J connectivity index is 5.16. The van der Waals surface area contributed by atoms with Crippen LogP contribution in [0.3, 0.4) is 0 Å². The van der Waals surface area contributed by atoms with Gasteiger partial charge in [0.05, 0.1) is 26.4 Å². The van der Waals surface area contributed by atoms with Crippen molar-refractivity contribution < 1.29 is 80.2 Å². The van der Waals surface area contributed by atoms with Crippen LogP contribution in [0.4, 0.5) is 0 Å². The lowest BCUT2D eigenvalue weighted by molar-refractivity contribution is -0.161. The number of carbonyl (C=O) groups excluding carboxylic acids is 4. The van der Waals surface area contributed by atoms with E-state index in [2.05, 4.69) is 41.5 Å². The summed E-state index contributed by atoms with van der Waals surface area (Å²) in [4.78, 5) is 72.5. The standard InChI is InChI=1S/C71H138O17P2/c1-7-9-11-13-15-17-19-20-21-22-23-24-25-26-27-28-30-36-43-49-55-70(75)87-66(60-82-69(74)54-48-42-37-31-33-39-45-51-63(3)4)61-85-89(77,78)83-57-65(72)58-84-90(79,80)86-62-67(88-71(76)56-50-44-38-32-34-40-46-52-64(5)6)59-81-68(73)53-47-41-35-29-18-16-14-12-10-8-2/h63-67,72H,7-62H2,1-6H3,(H,77,78)(H,79,80)/t65-,66-,67-/m1/s1. The van der Waals surface area contributed by atoms with Gasteiger partial charge in [-0.2, -0.15) is 0 Å². The second-order valence-electron chi connectivity index (χ2n) is 26.6. The Kier molecular flexibility index (Phi) is 61.8. The van der Waals surface area contributed by atoms with Crippen molar-refractivity contribution >= 4 is 39.5 Å². The van der Waals surface area contributed by atoms with Crippen molar-refractivity contribution in [2.45, 2.75) is 381 Å². The van der Waals surface area contributed by atoms with Crippen molar-refractivity contribution in [2.24, 2.45) is 11.8 Å². The predicted octanol–water partition coefficient (Wildman–Crippen LogP) is 20.4. The second-order valence-corrected chi connectivity index (χ2v) is 29.5. The van der Waals surface area contributed by atoms with Crippen LogP contribution in [0.25, 0.3) is 0 Å². The zero-order valence-electron chi connectivity index (χ0n) is 58.4. The summed E-state index contributed by atoms with van der Waals surface area (Å²) in [6, 6.07) is 0. The molecule has 0 amide bonds. The third-order valence-corrected chi connectivity index (χ3v) is 18.4. The largest absolute Gasteiger partial charge is 0.472 e. The van der Waals surface area contributed by atoms with Crippen LogP contribution in [0, 0.1) is 11.8 Å². The second kappa shape index (κ2) is 63.1. The maximum atomic E-state index is 13.0. The molecule has 19 heteroatoms. The molecule has 3 N–H and O–H groups in total. The number of phosphoric ester groups is 2. The van der Waals surface area contributed by atoms with Gasteiger partial charge in [-0.3, -0.25) is 37.3 Å². The van der Waals surface area contributed by atoms with E-state index in [0.29, 0.717) is 37.5 Å². The molecule has 0 aliphatic carbocycles. The van der Waals surface area contributed by atoms with E-state index < -0.39 is 97.5 Å². The van der Waals surface area contributed by atoms with Crippen molar-refractivity contribution in [3.8, 4) is 0 Å². The molecule has 534 valence electrons. The van der Waals surface area contributed by atoms with Crippen LogP contribution < -0.4 is 0 Å². The summed E-state index contributed by atoms with van der Waals surface area (Å²) in [5, 5.41) is 10.6. The Hall–Kier alpha value is -1.94. The van der Waals surface area contributed by atoms with Gasteiger partial charge in [0.15, 0.2) is 12.2 Å². The van der Waals surface area contributed by atoms with E-state index >= 15 is 0 Å². The molecule has 0 aliphatic rings. The van der Waals surface area contributed by atoms with Gasteiger partial charge < -0.3 is 33.8 Å². The van der Waals surface area contributed by atoms with Gasteiger partial charge in [0.1, 0.15) is 19.3 Å². The molecule has 90 heavy (non-hydrogen) atoms. The van der Waals surface area contributed by atoms with E-state index in [0.717, 1.165) is 96.3 Å². The summed E-state index contributed by atoms with van der Waals surface area (Å²) in [7, 11) is -9.90. The van der Waals surface area contributed by atoms with Crippen LogP contribution in [-0.4, -0.2) is 96.7 Å². The highest BCUT2D eigenvalue weighted by Gasteiger charge is 2.30. The van der Waals surface area contributed by atoms with Crippen LogP contribution in [0.2, 0.25) is 0 Å². The molecule has 2 unspecified atom stereocenters. The molecular weight excluding hydrogens is 1190 g/mol. The Morgan fingerprint density at radius 3 is 0.756 bits per heavy atom. The number of ether oxygens (including phenoxy) is 4. The van der Waals surface area contributed by atoms with E-state index in [1.807, 2.05) is 0 Å². The quantitative estimate of drug-likeness (QED) is 0.0222. The Morgan fingerprint density at radius 2 is 0.511 bits per heavy atom. The van der Waals surface area contributed by atoms with Gasteiger partial charge in [0.25, 0.3) is 0 Å². The third kappa shape index (κ3) is 64.8. The maximum absolute atomic E-state index is 13.0. The first-order valence-electron chi connectivity index (χ1n) is 37.0. The lowest BCUT2D eigenvalue weighted by atomic mass is 10.0. The van der Waals surface area contributed by atoms with Gasteiger partial charge in [-0.05, 0) is 37.5 Å². The van der Waals surface area contributed by atoms with Gasteiger partial charge in [0.2, 0.25) is 0 Å². The molecule has 0 fully saturated rings. The summed E-state index contributed by atoms with van der Waals surface area (Å²) < 4.78 is 68.2. The SMILES string of the molecule is CCCCCCCCCCCCCCCCCCCCCCC(=O)O[C@H](COC(=O)CCCCCCCCCC(C)C)COP(=O)(O)OC[C@@H](O)COP(=O)(O)OC[C@@H](COC(=O)CCCCCCCCCCCC)OC(=O)CCCCCCCCCC(C)C. The number of carbonyl (C=O) groups is 4. The van der Waals surface area contributed by atoms with E-state index in [1.165, 1.54) is 173 Å². The Bertz CT molecular complexity index is 1750. The highest BCUT2D eigenvalue weighted by molar-refractivity contribution is 7.47. The summed E-state index contributed by atoms with van der Waals surface area (Å²) >= 11 is 0. The van der Waals surface area contributed by atoms with Crippen molar-refractivity contribution in [3.63, 3.8) is 0 Å². The number of hydrogen-bond donors (Lipinski definition) is 3. The molecule has 0 heterocycles. The van der Waals surface area contributed by atoms with E-state index in [4.69, 9.17) is 37.0 Å². The Morgan fingerprint density at radius 1 is 0.300 bits per heavy atom. The number of phosphoric acid groups is 2. The van der Waals surface area contributed by atoms with Crippen LogP contribution in [0.5, 0.6) is 0 Å². The van der Waals surface area contributed by atoms with E-state index in [1.54, 1.807) is 0 Å².